The molecule has 0 N–H and O–H groups in total. The Morgan fingerprint density at radius 1 is 0.885 bits per heavy atom. The fraction of sp³-hybridized carbons (Fsp3) is 0.105. The van der Waals surface area contributed by atoms with Crippen molar-refractivity contribution in [3.8, 4) is 34.0 Å². The van der Waals surface area contributed by atoms with Gasteiger partial charge < -0.3 is 9.47 Å². The summed E-state index contributed by atoms with van der Waals surface area (Å²) in [4.78, 5) is 8.70. The van der Waals surface area contributed by atoms with Crippen LogP contribution < -0.4 is 9.47 Å². The van der Waals surface area contributed by atoms with E-state index >= 15 is 0 Å². The number of halogens is 1. The van der Waals surface area contributed by atoms with Crippen molar-refractivity contribution in [2.24, 2.45) is 0 Å². The summed E-state index contributed by atoms with van der Waals surface area (Å²) in [7, 11) is 3.18. The van der Waals surface area contributed by atoms with E-state index in [2.05, 4.69) is 15.1 Å². The van der Waals surface area contributed by atoms with Gasteiger partial charge in [0, 0.05) is 11.1 Å². The number of methoxy groups -OCH3 is 2. The van der Waals surface area contributed by atoms with Crippen molar-refractivity contribution in [3.05, 3.63) is 60.7 Å². The van der Waals surface area contributed by atoms with Crippen LogP contribution in [0, 0.1) is 5.82 Å². The molecule has 0 aliphatic heterocycles. The molecule has 4 aromatic rings. The van der Waals surface area contributed by atoms with E-state index in [9.17, 15) is 4.39 Å². The minimum Gasteiger partial charge on any atom is -0.493 e. The van der Waals surface area contributed by atoms with Crippen LogP contribution in [0.3, 0.4) is 0 Å². The Labute approximate surface area is 148 Å². The fourth-order valence-corrected chi connectivity index (χ4v) is 2.78. The van der Waals surface area contributed by atoms with Crippen LogP contribution in [0.15, 0.2) is 54.9 Å². The zero-order chi connectivity index (χ0) is 18.1. The van der Waals surface area contributed by atoms with E-state index in [1.165, 1.54) is 18.5 Å². The molecule has 6 nitrogen and oxygen atoms in total. The van der Waals surface area contributed by atoms with Gasteiger partial charge in [0.15, 0.2) is 11.5 Å². The molecule has 0 unspecified atom stereocenters. The topological polar surface area (TPSA) is 61.5 Å². The molecule has 0 bridgehead atoms. The van der Waals surface area contributed by atoms with Crippen LogP contribution in [0.25, 0.3) is 28.3 Å². The Morgan fingerprint density at radius 2 is 1.62 bits per heavy atom. The third kappa shape index (κ3) is 2.73. The largest absolute Gasteiger partial charge is 0.493 e. The molecule has 0 saturated carbocycles. The van der Waals surface area contributed by atoms with Gasteiger partial charge in [-0.2, -0.15) is 14.6 Å². The van der Waals surface area contributed by atoms with Gasteiger partial charge in [-0.3, -0.25) is 0 Å². The molecule has 130 valence electrons. The van der Waals surface area contributed by atoms with Crippen LogP contribution in [0.1, 0.15) is 0 Å². The highest BCUT2D eigenvalue weighted by Gasteiger charge is 2.13. The van der Waals surface area contributed by atoms with E-state index in [-0.39, 0.29) is 5.82 Å². The lowest BCUT2D eigenvalue weighted by atomic mass is 10.1. The second-order valence-corrected chi connectivity index (χ2v) is 5.58. The molecule has 0 saturated heterocycles. The first kappa shape index (κ1) is 16.0. The maximum absolute atomic E-state index is 13.2. The van der Waals surface area contributed by atoms with E-state index in [0.29, 0.717) is 23.0 Å². The molecule has 0 aliphatic carbocycles. The van der Waals surface area contributed by atoms with Crippen LogP contribution in [0.5, 0.6) is 11.5 Å². The number of nitrogens with zero attached hydrogens (tertiary/aromatic N) is 4. The summed E-state index contributed by atoms with van der Waals surface area (Å²) >= 11 is 0. The maximum Gasteiger partial charge on any atom is 0.253 e. The van der Waals surface area contributed by atoms with E-state index < -0.39 is 0 Å². The molecule has 0 radical (unpaired) electrons. The van der Waals surface area contributed by atoms with Crippen molar-refractivity contribution in [2.45, 2.75) is 0 Å². The molecular weight excluding hydrogens is 335 g/mol. The number of hydrogen-bond acceptors (Lipinski definition) is 5. The van der Waals surface area contributed by atoms with Gasteiger partial charge in [-0.15, -0.1) is 0 Å². The standard InChI is InChI=1S/C19H15FN4O2/c1-25-17-8-5-13(9-18(17)26-2)16-10-15(12-3-6-14(20)7-4-12)23-19-21-11-22-24(16)19/h3-11H,1-2H3. The summed E-state index contributed by atoms with van der Waals surface area (Å²) in [6.07, 6.45) is 1.45. The smallest absolute Gasteiger partial charge is 0.253 e. The van der Waals surface area contributed by atoms with E-state index in [1.807, 2.05) is 24.3 Å². The second-order valence-electron chi connectivity index (χ2n) is 5.58. The number of ether oxygens (including phenoxy) is 2. The molecule has 2 heterocycles. The van der Waals surface area contributed by atoms with Gasteiger partial charge in [-0.05, 0) is 48.5 Å². The summed E-state index contributed by atoms with van der Waals surface area (Å²) < 4.78 is 25.6. The highest BCUT2D eigenvalue weighted by molar-refractivity contribution is 5.72. The van der Waals surface area contributed by atoms with Crippen molar-refractivity contribution in [3.63, 3.8) is 0 Å². The average Bonchev–Trinajstić information content (AvgIpc) is 3.16. The van der Waals surface area contributed by atoms with Gasteiger partial charge in [0.2, 0.25) is 0 Å². The lowest BCUT2D eigenvalue weighted by molar-refractivity contribution is 0.355. The van der Waals surface area contributed by atoms with Crippen molar-refractivity contribution in [2.75, 3.05) is 14.2 Å². The molecule has 26 heavy (non-hydrogen) atoms. The molecule has 0 spiro atoms. The van der Waals surface area contributed by atoms with Gasteiger partial charge in [0.05, 0.1) is 25.6 Å². The number of aromatic nitrogens is 4. The zero-order valence-electron chi connectivity index (χ0n) is 14.2. The maximum atomic E-state index is 13.2. The van der Waals surface area contributed by atoms with E-state index in [4.69, 9.17) is 9.47 Å². The third-order valence-electron chi connectivity index (χ3n) is 4.07. The molecule has 2 aromatic heterocycles. The minimum atomic E-state index is -0.294. The van der Waals surface area contributed by atoms with Gasteiger partial charge in [0.1, 0.15) is 12.1 Å². The van der Waals surface area contributed by atoms with Gasteiger partial charge in [-0.1, -0.05) is 0 Å². The number of hydrogen-bond donors (Lipinski definition) is 0. The Kier molecular flexibility index (Phi) is 3.96. The number of rotatable bonds is 4. The van der Waals surface area contributed by atoms with Gasteiger partial charge in [-0.25, -0.2) is 9.37 Å². The van der Waals surface area contributed by atoms with Crippen molar-refractivity contribution >= 4 is 5.78 Å². The Balaban J connectivity index is 1.92. The van der Waals surface area contributed by atoms with Crippen LogP contribution in [0.4, 0.5) is 4.39 Å². The second kappa shape index (κ2) is 6.44. The average molecular weight is 350 g/mol. The van der Waals surface area contributed by atoms with E-state index in [0.717, 1.165) is 16.8 Å². The predicted molar refractivity (Wildman–Crippen MR) is 94.7 cm³/mol. The van der Waals surface area contributed by atoms with Crippen LogP contribution in [-0.2, 0) is 0 Å². The van der Waals surface area contributed by atoms with E-state index in [1.54, 1.807) is 30.9 Å². The van der Waals surface area contributed by atoms with Gasteiger partial charge >= 0.3 is 0 Å². The van der Waals surface area contributed by atoms with Crippen molar-refractivity contribution in [1.82, 2.24) is 19.6 Å². The molecule has 4 rings (SSSR count). The lowest BCUT2D eigenvalue weighted by Crippen LogP contribution is -1.99. The minimum absolute atomic E-state index is 0.294. The van der Waals surface area contributed by atoms with Crippen molar-refractivity contribution < 1.29 is 13.9 Å². The summed E-state index contributed by atoms with van der Waals surface area (Å²) in [6, 6.07) is 13.7. The molecule has 2 aromatic carbocycles. The zero-order valence-corrected chi connectivity index (χ0v) is 14.2. The van der Waals surface area contributed by atoms with Crippen molar-refractivity contribution in [1.29, 1.82) is 0 Å². The summed E-state index contributed by atoms with van der Waals surface area (Å²) in [5, 5.41) is 4.25. The molecule has 0 aliphatic rings. The molecule has 7 heteroatoms. The monoisotopic (exact) mass is 350 g/mol. The third-order valence-corrected chi connectivity index (χ3v) is 4.07. The first-order chi connectivity index (χ1) is 12.7. The number of benzene rings is 2. The predicted octanol–water partition coefficient (Wildman–Crippen LogP) is 3.61. The Hall–Kier alpha value is -3.48. The van der Waals surface area contributed by atoms with Crippen LogP contribution in [0.2, 0.25) is 0 Å². The quantitative estimate of drug-likeness (QED) is 0.563. The molecular formula is C19H15FN4O2. The first-order valence-electron chi connectivity index (χ1n) is 7.88. The Morgan fingerprint density at radius 3 is 2.35 bits per heavy atom. The normalized spacial score (nSPS) is 10.9. The molecule has 0 amide bonds. The highest BCUT2D eigenvalue weighted by atomic mass is 19.1. The fourth-order valence-electron chi connectivity index (χ4n) is 2.78. The summed E-state index contributed by atoms with van der Waals surface area (Å²) in [5.74, 6) is 1.41. The molecule has 0 atom stereocenters. The molecule has 0 fully saturated rings. The SMILES string of the molecule is COc1ccc(-c2cc(-c3ccc(F)cc3)nc3ncnn23)cc1OC. The first-order valence-corrected chi connectivity index (χ1v) is 7.88. The number of fused-ring (bicyclic) bond motifs is 1. The Bertz CT molecular complexity index is 1080. The van der Waals surface area contributed by atoms with Crippen LogP contribution in [-0.4, -0.2) is 33.8 Å². The van der Waals surface area contributed by atoms with Gasteiger partial charge in [0.25, 0.3) is 5.78 Å². The summed E-state index contributed by atoms with van der Waals surface area (Å²) in [6.45, 7) is 0. The summed E-state index contributed by atoms with van der Waals surface area (Å²) in [5.41, 5.74) is 3.12. The van der Waals surface area contributed by atoms with Crippen LogP contribution >= 0.6 is 0 Å². The lowest BCUT2D eigenvalue weighted by Gasteiger charge is -2.11. The highest BCUT2D eigenvalue weighted by Crippen LogP contribution is 2.33.